The van der Waals surface area contributed by atoms with Gasteiger partial charge in [0.05, 0.1) is 7.11 Å². The number of phenols is 1. The molecule has 16 heavy (non-hydrogen) atoms. The van der Waals surface area contributed by atoms with Crippen molar-refractivity contribution in [1.82, 2.24) is 0 Å². The Labute approximate surface area is 95.1 Å². The average Bonchev–Trinajstić information content (AvgIpc) is 2.33. The van der Waals surface area contributed by atoms with Gasteiger partial charge in [0.1, 0.15) is 11.5 Å². The Hall–Kier alpha value is -1.96. The van der Waals surface area contributed by atoms with Crippen LogP contribution in [0.4, 0.5) is 0 Å². The third-order valence-corrected chi connectivity index (χ3v) is 2.51. The van der Waals surface area contributed by atoms with Crippen LogP contribution in [0.15, 0.2) is 48.5 Å². The normalized spacial score (nSPS) is 10.1. The number of rotatable bonds is 3. The first kappa shape index (κ1) is 10.6. The van der Waals surface area contributed by atoms with Crippen LogP contribution in [0.5, 0.6) is 11.5 Å². The first-order valence-corrected chi connectivity index (χ1v) is 5.19. The van der Waals surface area contributed by atoms with Crippen LogP contribution in [0.2, 0.25) is 0 Å². The van der Waals surface area contributed by atoms with E-state index in [0.717, 1.165) is 17.7 Å². The van der Waals surface area contributed by atoms with Crippen LogP contribution in [0, 0.1) is 0 Å². The lowest BCUT2D eigenvalue weighted by molar-refractivity contribution is 0.403. The van der Waals surface area contributed by atoms with Gasteiger partial charge in [0.15, 0.2) is 0 Å². The van der Waals surface area contributed by atoms with Crippen LogP contribution in [0.25, 0.3) is 0 Å². The molecule has 2 heteroatoms. The molecule has 82 valence electrons. The largest absolute Gasteiger partial charge is 0.508 e. The number of hydrogen-bond donors (Lipinski definition) is 1. The Balaban J connectivity index is 2.28. The van der Waals surface area contributed by atoms with E-state index in [1.807, 2.05) is 24.3 Å². The maximum absolute atomic E-state index is 9.35. The van der Waals surface area contributed by atoms with Gasteiger partial charge in [-0.1, -0.05) is 36.4 Å². The molecule has 0 aliphatic heterocycles. The molecule has 0 aromatic heterocycles. The fraction of sp³-hybridized carbons (Fsp3) is 0.143. The second-order valence-corrected chi connectivity index (χ2v) is 3.66. The van der Waals surface area contributed by atoms with Crippen LogP contribution in [-0.2, 0) is 6.42 Å². The molecule has 0 heterocycles. The standard InChI is InChI=1S/C14H14O2/c1-16-14-10-13(15)8-7-12(14)9-11-5-3-2-4-6-11/h2-8,10,15H,9H2,1H3. The zero-order valence-corrected chi connectivity index (χ0v) is 9.18. The van der Waals surface area contributed by atoms with Gasteiger partial charge in [-0.3, -0.25) is 0 Å². The van der Waals surface area contributed by atoms with Crippen molar-refractivity contribution < 1.29 is 9.84 Å². The molecule has 0 bridgehead atoms. The van der Waals surface area contributed by atoms with Gasteiger partial charge in [-0.25, -0.2) is 0 Å². The summed E-state index contributed by atoms with van der Waals surface area (Å²) in [4.78, 5) is 0. The number of hydrogen-bond acceptors (Lipinski definition) is 2. The van der Waals surface area contributed by atoms with Crippen molar-refractivity contribution in [3.05, 3.63) is 59.7 Å². The Morgan fingerprint density at radius 2 is 1.81 bits per heavy atom. The van der Waals surface area contributed by atoms with Crippen molar-refractivity contribution in [3.8, 4) is 11.5 Å². The summed E-state index contributed by atoms with van der Waals surface area (Å²) in [6, 6.07) is 15.4. The summed E-state index contributed by atoms with van der Waals surface area (Å²) in [5.74, 6) is 0.956. The van der Waals surface area contributed by atoms with Crippen molar-refractivity contribution in [1.29, 1.82) is 0 Å². The maximum Gasteiger partial charge on any atom is 0.126 e. The minimum absolute atomic E-state index is 0.230. The highest BCUT2D eigenvalue weighted by atomic mass is 16.5. The lowest BCUT2D eigenvalue weighted by atomic mass is 10.0. The van der Waals surface area contributed by atoms with Crippen molar-refractivity contribution in [2.75, 3.05) is 7.11 Å². The van der Waals surface area contributed by atoms with Crippen LogP contribution in [0.1, 0.15) is 11.1 Å². The topological polar surface area (TPSA) is 29.5 Å². The molecule has 2 rings (SSSR count). The molecule has 2 aromatic carbocycles. The molecule has 0 aliphatic rings. The fourth-order valence-electron chi connectivity index (χ4n) is 1.70. The summed E-state index contributed by atoms with van der Waals surface area (Å²) in [6.45, 7) is 0. The third kappa shape index (κ3) is 2.34. The molecular weight excluding hydrogens is 200 g/mol. The monoisotopic (exact) mass is 214 g/mol. The summed E-state index contributed by atoms with van der Waals surface area (Å²) in [6.07, 6.45) is 0.810. The highest BCUT2D eigenvalue weighted by molar-refractivity contribution is 5.42. The molecule has 0 saturated carbocycles. The van der Waals surface area contributed by atoms with E-state index in [1.54, 1.807) is 19.2 Å². The Morgan fingerprint density at radius 1 is 1.06 bits per heavy atom. The molecule has 2 aromatic rings. The summed E-state index contributed by atoms with van der Waals surface area (Å²) < 4.78 is 5.24. The fourth-order valence-corrected chi connectivity index (χ4v) is 1.70. The number of benzene rings is 2. The molecule has 0 unspecified atom stereocenters. The van der Waals surface area contributed by atoms with E-state index in [0.29, 0.717) is 0 Å². The molecule has 0 saturated heterocycles. The first-order chi connectivity index (χ1) is 7.79. The van der Waals surface area contributed by atoms with E-state index in [2.05, 4.69) is 12.1 Å². The molecule has 0 aliphatic carbocycles. The van der Waals surface area contributed by atoms with Gasteiger partial charge in [-0.2, -0.15) is 0 Å². The van der Waals surface area contributed by atoms with Crippen LogP contribution in [-0.4, -0.2) is 12.2 Å². The van der Waals surface area contributed by atoms with E-state index >= 15 is 0 Å². The Bertz CT molecular complexity index is 463. The Kier molecular flexibility index (Phi) is 3.10. The van der Waals surface area contributed by atoms with Gasteiger partial charge in [0.25, 0.3) is 0 Å². The summed E-state index contributed by atoms with van der Waals surface area (Å²) >= 11 is 0. The predicted octanol–water partition coefficient (Wildman–Crippen LogP) is 2.99. The molecule has 0 amide bonds. The molecule has 0 spiro atoms. The van der Waals surface area contributed by atoms with Crippen molar-refractivity contribution in [3.63, 3.8) is 0 Å². The van der Waals surface area contributed by atoms with Crippen LogP contribution >= 0.6 is 0 Å². The molecular formula is C14H14O2. The molecule has 0 atom stereocenters. The quantitative estimate of drug-likeness (QED) is 0.851. The highest BCUT2D eigenvalue weighted by Gasteiger charge is 2.04. The molecule has 0 radical (unpaired) electrons. The zero-order valence-electron chi connectivity index (χ0n) is 9.18. The smallest absolute Gasteiger partial charge is 0.126 e. The van der Waals surface area contributed by atoms with Crippen molar-refractivity contribution in [2.24, 2.45) is 0 Å². The Morgan fingerprint density at radius 3 is 2.50 bits per heavy atom. The number of aromatic hydroxyl groups is 1. The number of ether oxygens (including phenoxy) is 1. The predicted molar refractivity (Wildman–Crippen MR) is 63.9 cm³/mol. The minimum Gasteiger partial charge on any atom is -0.508 e. The van der Waals surface area contributed by atoms with Crippen LogP contribution < -0.4 is 4.74 Å². The second kappa shape index (κ2) is 4.71. The van der Waals surface area contributed by atoms with E-state index in [9.17, 15) is 5.11 Å². The SMILES string of the molecule is COc1cc(O)ccc1Cc1ccccc1. The van der Waals surface area contributed by atoms with Gasteiger partial charge in [0.2, 0.25) is 0 Å². The average molecular weight is 214 g/mol. The molecule has 0 fully saturated rings. The third-order valence-electron chi connectivity index (χ3n) is 2.51. The summed E-state index contributed by atoms with van der Waals surface area (Å²) in [5, 5.41) is 9.35. The lowest BCUT2D eigenvalue weighted by Gasteiger charge is -2.08. The first-order valence-electron chi connectivity index (χ1n) is 5.19. The van der Waals surface area contributed by atoms with E-state index in [4.69, 9.17) is 4.74 Å². The lowest BCUT2D eigenvalue weighted by Crippen LogP contribution is -1.93. The van der Waals surface area contributed by atoms with Crippen molar-refractivity contribution >= 4 is 0 Å². The highest BCUT2D eigenvalue weighted by Crippen LogP contribution is 2.25. The number of methoxy groups -OCH3 is 1. The number of phenolic OH excluding ortho intramolecular Hbond substituents is 1. The van der Waals surface area contributed by atoms with Gasteiger partial charge in [-0.05, 0) is 17.2 Å². The van der Waals surface area contributed by atoms with Crippen LogP contribution in [0.3, 0.4) is 0 Å². The van der Waals surface area contributed by atoms with E-state index < -0.39 is 0 Å². The molecule has 1 N–H and O–H groups in total. The van der Waals surface area contributed by atoms with E-state index in [-0.39, 0.29) is 5.75 Å². The van der Waals surface area contributed by atoms with Gasteiger partial charge in [-0.15, -0.1) is 0 Å². The minimum atomic E-state index is 0.230. The van der Waals surface area contributed by atoms with E-state index in [1.165, 1.54) is 5.56 Å². The summed E-state index contributed by atoms with van der Waals surface area (Å²) in [5.41, 5.74) is 2.30. The van der Waals surface area contributed by atoms with Gasteiger partial charge < -0.3 is 9.84 Å². The zero-order chi connectivity index (χ0) is 11.4. The van der Waals surface area contributed by atoms with Gasteiger partial charge in [0, 0.05) is 12.5 Å². The maximum atomic E-state index is 9.35. The van der Waals surface area contributed by atoms with Gasteiger partial charge >= 0.3 is 0 Å². The second-order valence-electron chi connectivity index (χ2n) is 3.66. The molecule has 2 nitrogen and oxygen atoms in total. The van der Waals surface area contributed by atoms with Crippen molar-refractivity contribution in [2.45, 2.75) is 6.42 Å². The summed E-state index contributed by atoms with van der Waals surface area (Å²) in [7, 11) is 1.61.